The van der Waals surface area contributed by atoms with Gasteiger partial charge in [0.05, 0.1) is 23.7 Å². The molecule has 0 unspecified atom stereocenters. The van der Waals surface area contributed by atoms with Crippen molar-refractivity contribution in [3.8, 4) is 12.0 Å². The van der Waals surface area contributed by atoms with Gasteiger partial charge in [-0.05, 0) is 17.7 Å². The number of fused-ring (bicyclic) bond motifs is 2. The monoisotopic (exact) mass is 388 g/mol. The molecular weight excluding hydrogens is 372 g/mol. The van der Waals surface area contributed by atoms with E-state index in [0.29, 0.717) is 24.3 Å². The fourth-order valence-corrected chi connectivity index (χ4v) is 3.74. The number of rotatable bonds is 5. The first kappa shape index (κ1) is 16.6. The van der Waals surface area contributed by atoms with E-state index in [1.807, 2.05) is 47.0 Å². The molecule has 0 bridgehead atoms. The van der Waals surface area contributed by atoms with Crippen LogP contribution in [0.15, 0.2) is 60.1 Å². The summed E-state index contributed by atoms with van der Waals surface area (Å²) in [7, 11) is 1.59. The Bertz CT molecular complexity index is 1260. The van der Waals surface area contributed by atoms with Crippen molar-refractivity contribution in [1.29, 1.82) is 0 Å². The minimum atomic E-state index is 0.444. The molecule has 0 amide bonds. The second kappa shape index (κ2) is 6.90. The number of nitrogens with zero attached hydrogens (tertiary/aromatic N) is 5. The second-order valence-corrected chi connectivity index (χ2v) is 6.97. The molecule has 0 aliphatic rings. The van der Waals surface area contributed by atoms with E-state index in [1.165, 1.54) is 11.3 Å². The van der Waals surface area contributed by atoms with Crippen molar-refractivity contribution in [2.45, 2.75) is 6.54 Å². The molecule has 3 aromatic heterocycles. The molecule has 0 aliphatic carbocycles. The summed E-state index contributed by atoms with van der Waals surface area (Å²) in [5.74, 6) is 1.18. The lowest BCUT2D eigenvalue weighted by Crippen LogP contribution is -2.08. The summed E-state index contributed by atoms with van der Waals surface area (Å²) < 4.78 is 7.31. The van der Waals surface area contributed by atoms with Crippen molar-refractivity contribution >= 4 is 38.5 Å². The van der Waals surface area contributed by atoms with E-state index in [4.69, 9.17) is 14.7 Å². The zero-order valence-electron chi connectivity index (χ0n) is 15.0. The molecule has 3 heterocycles. The molecule has 0 radical (unpaired) electrons. The van der Waals surface area contributed by atoms with Crippen LogP contribution in [0.2, 0.25) is 0 Å². The van der Waals surface area contributed by atoms with Crippen molar-refractivity contribution in [2.75, 3.05) is 12.4 Å². The molecule has 28 heavy (non-hydrogen) atoms. The van der Waals surface area contributed by atoms with E-state index >= 15 is 0 Å². The van der Waals surface area contributed by atoms with Gasteiger partial charge in [0.1, 0.15) is 5.52 Å². The third-order valence-corrected chi connectivity index (χ3v) is 5.12. The van der Waals surface area contributed by atoms with Crippen LogP contribution in [0.5, 0.6) is 6.01 Å². The van der Waals surface area contributed by atoms with Crippen LogP contribution < -0.4 is 10.1 Å². The predicted octanol–water partition coefficient (Wildman–Crippen LogP) is 4.05. The average Bonchev–Trinajstić information content (AvgIpc) is 3.36. The molecule has 7 nitrogen and oxygen atoms in total. The summed E-state index contributed by atoms with van der Waals surface area (Å²) in [4.78, 5) is 19.2. The Kier molecular flexibility index (Phi) is 4.10. The number of benzene rings is 2. The van der Waals surface area contributed by atoms with E-state index in [9.17, 15) is 0 Å². The maximum Gasteiger partial charge on any atom is 0.304 e. The molecule has 1 N–H and O–H groups in total. The summed E-state index contributed by atoms with van der Waals surface area (Å²) in [6.45, 7) is 0.645. The van der Waals surface area contributed by atoms with Crippen molar-refractivity contribution in [3.05, 3.63) is 65.7 Å². The summed E-state index contributed by atoms with van der Waals surface area (Å²) in [5.41, 5.74) is 5.41. The fraction of sp³-hybridized carbons (Fsp3) is 0.100. The van der Waals surface area contributed by atoms with E-state index in [1.54, 1.807) is 12.6 Å². The highest BCUT2D eigenvalue weighted by Gasteiger charge is 2.18. The predicted molar refractivity (Wildman–Crippen MR) is 110 cm³/mol. The van der Waals surface area contributed by atoms with Gasteiger partial charge >= 0.3 is 6.01 Å². The summed E-state index contributed by atoms with van der Waals surface area (Å²) in [6.07, 6.45) is 0. The minimum absolute atomic E-state index is 0.444. The Balaban J connectivity index is 1.63. The van der Waals surface area contributed by atoms with Crippen molar-refractivity contribution in [1.82, 2.24) is 24.5 Å². The van der Waals surface area contributed by atoms with Crippen LogP contribution >= 0.6 is 11.3 Å². The van der Waals surface area contributed by atoms with Crippen LogP contribution in [0.1, 0.15) is 5.56 Å². The molecule has 0 atom stereocenters. The number of hydrogen-bond acceptors (Lipinski definition) is 7. The number of hydrogen-bond donors (Lipinski definition) is 1. The standard InChI is InChI=1S/C20H16N6OS/c1-27-20-23-14-9-5-6-10-15(14)26(20)19-24-17(16-18(25-19)28-12-22-16)21-11-13-7-3-2-4-8-13/h2-10,12H,11H2,1H3,(H,21,24,25). The highest BCUT2D eigenvalue weighted by atomic mass is 32.1. The van der Waals surface area contributed by atoms with E-state index in [-0.39, 0.29) is 0 Å². The summed E-state index contributed by atoms with van der Waals surface area (Å²) in [6, 6.07) is 18.4. The average molecular weight is 388 g/mol. The molecule has 0 spiro atoms. The fourth-order valence-electron chi connectivity index (χ4n) is 3.09. The third kappa shape index (κ3) is 2.84. The molecule has 0 saturated heterocycles. The van der Waals surface area contributed by atoms with Gasteiger partial charge in [0.2, 0.25) is 5.95 Å². The smallest absolute Gasteiger partial charge is 0.304 e. The van der Waals surface area contributed by atoms with Gasteiger partial charge in [-0.2, -0.15) is 15.0 Å². The van der Waals surface area contributed by atoms with Crippen molar-refractivity contribution in [3.63, 3.8) is 0 Å². The highest BCUT2D eigenvalue weighted by Crippen LogP contribution is 2.28. The Morgan fingerprint density at radius 1 is 1.00 bits per heavy atom. The molecular formula is C20H16N6OS. The SMILES string of the molecule is COc1nc2ccccc2n1-c1nc(NCc2ccccc2)c2ncsc2n1. The molecule has 5 rings (SSSR count). The van der Waals surface area contributed by atoms with Gasteiger partial charge in [-0.25, -0.2) is 9.55 Å². The maximum atomic E-state index is 5.49. The third-order valence-electron chi connectivity index (χ3n) is 4.40. The molecule has 0 saturated carbocycles. The lowest BCUT2D eigenvalue weighted by atomic mass is 10.2. The van der Waals surface area contributed by atoms with Crippen LogP contribution in [-0.2, 0) is 6.54 Å². The maximum absolute atomic E-state index is 5.49. The first-order chi connectivity index (χ1) is 13.8. The molecule has 0 fully saturated rings. The number of nitrogens with one attached hydrogen (secondary N) is 1. The topological polar surface area (TPSA) is 77.8 Å². The van der Waals surface area contributed by atoms with Crippen LogP contribution in [0, 0.1) is 0 Å². The van der Waals surface area contributed by atoms with Gasteiger partial charge in [0, 0.05) is 6.54 Å². The van der Waals surface area contributed by atoms with Crippen LogP contribution in [0.25, 0.3) is 27.3 Å². The first-order valence-electron chi connectivity index (χ1n) is 8.74. The van der Waals surface area contributed by atoms with E-state index in [0.717, 1.165) is 26.9 Å². The van der Waals surface area contributed by atoms with Gasteiger partial charge < -0.3 is 10.1 Å². The van der Waals surface area contributed by atoms with Crippen LogP contribution in [0.4, 0.5) is 5.82 Å². The number of anilines is 1. The molecule has 0 aliphatic heterocycles. The molecule has 2 aromatic carbocycles. The largest absolute Gasteiger partial charge is 0.468 e. The van der Waals surface area contributed by atoms with Crippen LogP contribution in [-0.4, -0.2) is 31.6 Å². The number of methoxy groups -OCH3 is 1. The number of thiazole rings is 1. The Hall–Kier alpha value is -3.52. The number of aromatic nitrogens is 5. The van der Waals surface area contributed by atoms with Gasteiger partial charge in [0.25, 0.3) is 0 Å². The number of imidazole rings is 1. The van der Waals surface area contributed by atoms with Crippen molar-refractivity contribution in [2.24, 2.45) is 0 Å². The number of ether oxygens (including phenoxy) is 1. The van der Waals surface area contributed by atoms with E-state index in [2.05, 4.69) is 27.4 Å². The second-order valence-electron chi connectivity index (χ2n) is 6.14. The van der Waals surface area contributed by atoms with Gasteiger partial charge in [-0.3, -0.25) is 0 Å². The Morgan fingerprint density at radius 2 is 1.82 bits per heavy atom. The minimum Gasteiger partial charge on any atom is -0.468 e. The lowest BCUT2D eigenvalue weighted by Gasteiger charge is -2.10. The van der Waals surface area contributed by atoms with Gasteiger partial charge in [-0.15, -0.1) is 11.3 Å². The van der Waals surface area contributed by atoms with Crippen molar-refractivity contribution < 1.29 is 4.74 Å². The van der Waals surface area contributed by atoms with Gasteiger partial charge in [0.15, 0.2) is 10.6 Å². The molecule has 138 valence electrons. The Morgan fingerprint density at radius 3 is 2.68 bits per heavy atom. The lowest BCUT2D eigenvalue weighted by molar-refractivity contribution is 0.374. The molecule has 8 heteroatoms. The molecule has 5 aromatic rings. The van der Waals surface area contributed by atoms with E-state index < -0.39 is 0 Å². The summed E-state index contributed by atoms with van der Waals surface area (Å²) in [5, 5.41) is 3.40. The summed E-state index contributed by atoms with van der Waals surface area (Å²) >= 11 is 1.48. The quantitative estimate of drug-likeness (QED) is 0.489. The van der Waals surface area contributed by atoms with Crippen LogP contribution in [0.3, 0.4) is 0 Å². The van der Waals surface area contributed by atoms with Gasteiger partial charge in [-0.1, -0.05) is 42.5 Å². The zero-order chi connectivity index (χ0) is 18.9. The zero-order valence-corrected chi connectivity index (χ0v) is 15.8. The first-order valence-corrected chi connectivity index (χ1v) is 9.62. The normalized spacial score (nSPS) is 11.2. The Labute approximate surface area is 164 Å². The number of para-hydroxylation sites is 2. The highest BCUT2D eigenvalue weighted by molar-refractivity contribution is 7.16.